The Balaban J connectivity index is 0.000000170. The van der Waals surface area contributed by atoms with Crippen molar-refractivity contribution in [2.75, 3.05) is 0 Å². The summed E-state index contributed by atoms with van der Waals surface area (Å²) < 4.78 is 0. The van der Waals surface area contributed by atoms with Crippen LogP contribution in [0.4, 0.5) is 4.79 Å². The number of terminal acetylenes is 1. The van der Waals surface area contributed by atoms with Crippen LogP contribution in [-0.2, 0) is 0 Å². The zero-order valence-corrected chi connectivity index (χ0v) is 15.3. The molecule has 3 N–H and O–H groups in total. The number of carbonyl (C=O) groups excluding carboxylic acids is 1. The maximum atomic E-state index is 10.7. The van der Waals surface area contributed by atoms with Crippen LogP contribution in [0.5, 0.6) is 0 Å². The van der Waals surface area contributed by atoms with E-state index in [1.54, 1.807) is 6.92 Å². The van der Waals surface area contributed by atoms with E-state index in [0.29, 0.717) is 10.5 Å². The zero-order chi connectivity index (χ0) is 18.1. The van der Waals surface area contributed by atoms with E-state index in [9.17, 15) is 10.0 Å². The van der Waals surface area contributed by atoms with Crippen molar-refractivity contribution in [2.45, 2.75) is 77.2 Å². The summed E-state index contributed by atoms with van der Waals surface area (Å²) in [4.78, 5) is 10.7. The fraction of sp³-hybridized carbons (Fsp3) is 0.762. The lowest BCUT2D eigenvalue weighted by Crippen LogP contribution is -2.38. The van der Waals surface area contributed by atoms with Crippen LogP contribution in [0.3, 0.4) is 0 Å². The van der Waals surface area contributed by atoms with Crippen molar-refractivity contribution in [2.24, 2.45) is 28.4 Å². The van der Waals surface area contributed by atoms with Gasteiger partial charge in [0.2, 0.25) is 0 Å². The van der Waals surface area contributed by atoms with Crippen LogP contribution in [0.25, 0.3) is 0 Å². The molecule has 0 spiro atoms. The molecular formula is C21H30N2O2. The number of carbonyl (C=O) groups is 1. The van der Waals surface area contributed by atoms with Crippen LogP contribution in [0, 0.1) is 46.9 Å². The van der Waals surface area contributed by atoms with E-state index in [2.05, 4.69) is 17.8 Å². The molecule has 1 unspecified atom stereocenters. The van der Waals surface area contributed by atoms with Crippen LogP contribution in [-0.4, -0.2) is 22.3 Å². The van der Waals surface area contributed by atoms with Gasteiger partial charge in [-0.25, -0.2) is 4.79 Å². The normalized spacial score (nSPS) is 38.1. The molecule has 4 nitrogen and oxygen atoms in total. The Morgan fingerprint density at radius 1 is 1.12 bits per heavy atom. The molecule has 4 aliphatic carbocycles. The van der Waals surface area contributed by atoms with Crippen LogP contribution < -0.4 is 5.73 Å². The Morgan fingerprint density at radius 2 is 1.60 bits per heavy atom. The molecule has 4 bridgehead atoms. The van der Waals surface area contributed by atoms with E-state index >= 15 is 0 Å². The number of fused-ring (bicyclic) bond motifs is 4. The molecule has 0 radical (unpaired) electrons. The predicted octanol–water partition coefficient (Wildman–Crippen LogP) is 3.93. The van der Waals surface area contributed by atoms with Gasteiger partial charge < -0.3 is 5.73 Å². The van der Waals surface area contributed by atoms with Crippen LogP contribution >= 0.6 is 0 Å². The molecule has 0 saturated heterocycles. The first-order chi connectivity index (χ1) is 11.9. The quantitative estimate of drug-likeness (QED) is 0.431. The van der Waals surface area contributed by atoms with Gasteiger partial charge >= 0.3 is 6.03 Å². The molecule has 136 valence electrons. The Kier molecular flexibility index (Phi) is 5.03. The summed E-state index contributed by atoms with van der Waals surface area (Å²) in [7, 11) is 0. The average molecular weight is 342 g/mol. The van der Waals surface area contributed by atoms with Crippen LogP contribution in [0.1, 0.15) is 71.1 Å². The third kappa shape index (κ3) is 3.80. The fourth-order valence-electron chi connectivity index (χ4n) is 5.27. The van der Waals surface area contributed by atoms with Crippen molar-refractivity contribution in [1.29, 1.82) is 0 Å². The van der Waals surface area contributed by atoms with Gasteiger partial charge in [0.1, 0.15) is 6.04 Å². The maximum absolute atomic E-state index is 10.7. The van der Waals surface area contributed by atoms with Gasteiger partial charge in [0.25, 0.3) is 0 Å². The third-order valence-electron chi connectivity index (χ3n) is 6.93. The Labute approximate surface area is 151 Å². The van der Waals surface area contributed by atoms with E-state index in [4.69, 9.17) is 12.2 Å². The number of hydrogen-bond donors (Lipinski definition) is 2. The minimum absolute atomic E-state index is 0.164. The van der Waals surface area contributed by atoms with Crippen molar-refractivity contribution in [3.63, 3.8) is 0 Å². The molecule has 25 heavy (non-hydrogen) atoms. The van der Waals surface area contributed by atoms with Gasteiger partial charge in [0.05, 0.1) is 0 Å². The number of hydrogen-bond acceptors (Lipinski definition) is 2. The molecule has 4 heteroatoms. The molecule has 0 aromatic carbocycles. The predicted molar refractivity (Wildman–Crippen MR) is 97.3 cm³/mol. The first-order valence-corrected chi connectivity index (χ1v) is 9.65. The van der Waals surface area contributed by atoms with E-state index in [-0.39, 0.29) is 5.41 Å². The second kappa shape index (κ2) is 6.93. The number of primary amides is 1. The number of hydroxylamine groups is 2. The topological polar surface area (TPSA) is 66.6 Å². The lowest BCUT2D eigenvalue weighted by molar-refractivity contribution is -0.0537. The minimum Gasteiger partial charge on any atom is -0.350 e. The number of nitrogens with zero attached hydrogens (tertiary/aromatic N) is 1. The highest BCUT2D eigenvalue weighted by molar-refractivity contribution is 5.71. The van der Waals surface area contributed by atoms with Gasteiger partial charge in [-0.3, -0.25) is 5.21 Å². The van der Waals surface area contributed by atoms with E-state index in [1.807, 2.05) is 0 Å². The van der Waals surface area contributed by atoms with Crippen molar-refractivity contribution >= 4 is 6.03 Å². The van der Waals surface area contributed by atoms with Gasteiger partial charge in [-0.15, -0.1) is 6.42 Å². The van der Waals surface area contributed by atoms with E-state index < -0.39 is 12.1 Å². The molecule has 4 saturated carbocycles. The summed E-state index contributed by atoms with van der Waals surface area (Å²) in [5.41, 5.74) is 5.51. The SMILES string of the molecule is C#CC12CCC(CC1)C2.CC(C#CC12CCC(CC1)C2)N(O)C(N)=O. The van der Waals surface area contributed by atoms with Crippen molar-refractivity contribution < 1.29 is 10.0 Å². The molecule has 0 aromatic rings. The molecular weight excluding hydrogens is 312 g/mol. The number of nitrogens with two attached hydrogens (primary N) is 1. The van der Waals surface area contributed by atoms with Crippen LogP contribution in [0.2, 0.25) is 0 Å². The first kappa shape index (κ1) is 18.2. The summed E-state index contributed by atoms with van der Waals surface area (Å²) in [6.07, 6.45) is 18.3. The summed E-state index contributed by atoms with van der Waals surface area (Å²) >= 11 is 0. The van der Waals surface area contributed by atoms with Gasteiger partial charge in [-0.1, -0.05) is 17.8 Å². The van der Waals surface area contributed by atoms with Gasteiger partial charge in [0.15, 0.2) is 0 Å². The second-order valence-electron chi connectivity index (χ2n) is 8.63. The minimum atomic E-state index is -0.852. The standard InChI is InChI=1S/C12H18N2O2.C9H12/c1-9(14(16)11(13)15)2-5-12-6-3-10(8-12)4-7-12;1-2-9-5-3-8(7-9)4-6-9/h9-10,16H,3-4,6-8H2,1H3,(H2,13,15);1,8H,3-7H2. The summed E-state index contributed by atoms with van der Waals surface area (Å²) in [5, 5.41) is 9.78. The van der Waals surface area contributed by atoms with Gasteiger partial charge in [0, 0.05) is 10.8 Å². The van der Waals surface area contributed by atoms with Crippen molar-refractivity contribution in [3.05, 3.63) is 0 Å². The summed E-state index contributed by atoms with van der Waals surface area (Å²) in [6.45, 7) is 1.68. The molecule has 4 fully saturated rings. The molecule has 0 heterocycles. The summed E-state index contributed by atoms with van der Waals surface area (Å²) in [6, 6.07) is -1.37. The third-order valence-corrected chi connectivity index (χ3v) is 6.93. The lowest BCUT2D eigenvalue weighted by Gasteiger charge is -2.20. The second-order valence-corrected chi connectivity index (χ2v) is 8.63. The Morgan fingerprint density at radius 3 is 1.92 bits per heavy atom. The average Bonchev–Trinajstić information content (AvgIpc) is 3.40. The fourth-order valence-corrected chi connectivity index (χ4v) is 5.27. The number of urea groups is 1. The largest absolute Gasteiger partial charge is 0.350 e. The van der Waals surface area contributed by atoms with Crippen LogP contribution in [0.15, 0.2) is 0 Å². The highest BCUT2D eigenvalue weighted by Crippen LogP contribution is 2.54. The number of rotatable bonds is 1. The van der Waals surface area contributed by atoms with E-state index in [1.165, 1.54) is 64.2 Å². The monoisotopic (exact) mass is 342 g/mol. The summed E-state index contributed by atoms with van der Waals surface area (Å²) in [5.74, 6) is 11.0. The highest BCUT2D eigenvalue weighted by atomic mass is 16.5. The smallest absolute Gasteiger partial charge is 0.339 e. The maximum Gasteiger partial charge on any atom is 0.339 e. The van der Waals surface area contributed by atoms with Gasteiger partial charge in [-0.2, -0.15) is 5.06 Å². The molecule has 4 rings (SSSR count). The number of amides is 2. The Bertz CT molecular complexity index is 608. The lowest BCUT2D eigenvalue weighted by atomic mass is 9.85. The van der Waals surface area contributed by atoms with Crippen molar-refractivity contribution in [3.8, 4) is 24.2 Å². The molecule has 4 aliphatic rings. The highest BCUT2D eigenvalue weighted by Gasteiger charge is 2.44. The molecule has 0 aliphatic heterocycles. The Hall–Kier alpha value is -1.65. The van der Waals surface area contributed by atoms with Gasteiger partial charge in [-0.05, 0) is 83.0 Å². The van der Waals surface area contributed by atoms with E-state index in [0.717, 1.165) is 11.8 Å². The van der Waals surface area contributed by atoms with Crippen molar-refractivity contribution in [1.82, 2.24) is 5.06 Å². The molecule has 2 amide bonds. The first-order valence-electron chi connectivity index (χ1n) is 9.65. The molecule has 1 atom stereocenters. The zero-order valence-electron chi connectivity index (χ0n) is 15.3. The molecule has 0 aromatic heterocycles.